The molecule has 3 saturated carbocycles. The van der Waals surface area contributed by atoms with Crippen molar-refractivity contribution in [1.29, 1.82) is 0 Å². The molecule has 0 aromatic carbocycles. The van der Waals surface area contributed by atoms with Gasteiger partial charge in [-0.05, 0) is 86.7 Å². The average Bonchev–Trinajstić information content (AvgIpc) is 3.13. The van der Waals surface area contributed by atoms with E-state index in [-0.39, 0.29) is 29.0 Å². The Labute approximate surface area is 202 Å². The molecular weight excluding hydrogens is 428 g/mol. The molecule has 4 rings (SSSR count). The molecule has 33 heavy (non-hydrogen) atoms. The third kappa shape index (κ3) is 3.99. The van der Waals surface area contributed by atoms with Gasteiger partial charge in [0.05, 0.1) is 11.5 Å². The lowest BCUT2D eigenvalue weighted by Gasteiger charge is -2.59. The van der Waals surface area contributed by atoms with Crippen LogP contribution in [0.3, 0.4) is 0 Å². The van der Waals surface area contributed by atoms with Gasteiger partial charge in [-0.2, -0.15) is 0 Å². The van der Waals surface area contributed by atoms with Crippen LogP contribution in [-0.2, 0) is 18.8 Å². The lowest BCUT2D eigenvalue weighted by molar-refractivity contribution is -0.159. The Morgan fingerprint density at radius 2 is 1.79 bits per heavy atom. The van der Waals surface area contributed by atoms with Gasteiger partial charge in [0.15, 0.2) is 8.32 Å². The second-order valence-electron chi connectivity index (χ2n) is 12.0. The van der Waals surface area contributed by atoms with E-state index in [0.29, 0.717) is 23.7 Å². The van der Waals surface area contributed by atoms with Crippen LogP contribution in [-0.4, -0.2) is 32.8 Å². The molecule has 4 aliphatic carbocycles. The summed E-state index contributed by atoms with van der Waals surface area (Å²) in [4.78, 5) is 24.6. The summed E-state index contributed by atoms with van der Waals surface area (Å²) in [7, 11) is -1.67. The van der Waals surface area contributed by atoms with Gasteiger partial charge in [-0.1, -0.05) is 46.3 Å². The van der Waals surface area contributed by atoms with E-state index in [9.17, 15) is 9.59 Å². The fourth-order valence-electron chi connectivity index (χ4n) is 8.74. The van der Waals surface area contributed by atoms with Crippen molar-refractivity contribution in [3.63, 3.8) is 0 Å². The Bertz CT molecular complexity index is 781. The largest absolute Gasteiger partial charge is 0.462 e. The number of esters is 1. The molecule has 0 bridgehead atoms. The predicted octanol–water partition coefficient (Wildman–Crippen LogP) is 6.70. The fourth-order valence-corrected chi connectivity index (χ4v) is 11.6. The second kappa shape index (κ2) is 9.26. The Morgan fingerprint density at radius 3 is 2.39 bits per heavy atom. The highest BCUT2D eigenvalue weighted by Gasteiger charge is 2.62. The molecule has 186 valence electrons. The minimum absolute atomic E-state index is 0.0385. The smallest absolute Gasteiger partial charge is 0.302 e. The first-order valence-electron chi connectivity index (χ1n) is 13.7. The van der Waals surface area contributed by atoms with Crippen LogP contribution in [0.5, 0.6) is 0 Å². The molecule has 4 aliphatic rings. The van der Waals surface area contributed by atoms with Crippen molar-refractivity contribution < 1.29 is 18.8 Å². The summed E-state index contributed by atoms with van der Waals surface area (Å²) in [6.45, 7) is 13.2. The van der Waals surface area contributed by atoms with Gasteiger partial charge in [0.25, 0.3) is 0 Å². The summed E-state index contributed by atoms with van der Waals surface area (Å²) >= 11 is 0. The molecule has 0 radical (unpaired) electrons. The quantitative estimate of drug-likeness (QED) is 0.178. The van der Waals surface area contributed by atoms with Crippen molar-refractivity contribution in [1.82, 2.24) is 0 Å². The lowest BCUT2D eigenvalue weighted by atomic mass is 9.45. The van der Waals surface area contributed by atoms with Gasteiger partial charge in [0, 0.05) is 12.3 Å². The van der Waals surface area contributed by atoms with Crippen LogP contribution in [0.25, 0.3) is 0 Å². The molecule has 8 atom stereocenters. The number of ether oxygens (including phenoxy) is 1. The number of hydrogen-bond acceptors (Lipinski definition) is 4. The molecule has 3 fully saturated rings. The molecule has 0 saturated heterocycles. The van der Waals surface area contributed by atoms with Crippen molar-refractivity contribution in [2.45, 2.75) is 117 Å². The topological polar surface area (TPSA) is 52.6 Å². The maximum atomic E-state index is 12.9. The van der Waals surface area contributed by atoms with Gasteiger partial charge < -0.3 is 14.0 Å². The molecule has 0 aromatic heterocycles. The highest BCUT2D eigenvalue weighted by Crippen LogP contribution is 2.66. The van der Waals surface area contributed by atoms with Gasteiger partial charge in [-0.15, -0.1) is 0 Å². The van der Waals surface area contributed by atoms with Crippen LogP contribution in [0, 0.1) is 34.5 Å². The van der Waals surface area contributed by atoms with Gasteiger partial charge in [-0.3, -0.25) is 4.79 Å². The first kappa shape index (κ1) is 25.2. The zero-order chi connectivity index (χ0) is 24.0. The Balaban J connectivity index is 1.62. The van der Waals surface area contributed by atoms with Crippen molar-refractivity contribution >= 4 is 20.6 Å². The van der Waals surface area contributed by atoms with Gasteiger partial charge in [0.1, 0.15) is 12.4 Å². The Hall–Kier alpha value is -0.943. The van der Waals surface area contributed by atoms with Crippen LogP contribution in [0.1, 0.15) is 86.5 Å². The normalized spacial score (nSPS) is 42.5. The van der Waals surface area contributed by atoms with Gasteiger partial charge in [0.2, 0.25) is 0 Å². The van der Waals surface area contributed by atoms with Crippen LogP contribution < -0.4 is 0 Å². The molecular formula is C28H46O4Si. The van der Waals surface area contributed by atoms with E-state index in [0.717, 1.165) is 44.9 Å². The summed E-state index contributed by atoms with van der Waals surface area (Å²) in [6, 6.07) is 3.51. The maximum absolute atomic E-state index is 12.9. The third-order valence-corrected chi connectivity index (χ3v) is 15.5. The number of allylic oxidation sites excluding steroid dienone is 1. The number of rotatable bonds is 7. The highest BCUT2D eigenvalue weighted by molar-refractivity contribution is 6.73. The van der Waals surface area contributed by atoms with E-state index in [1.54, 1.807) is 0 Å². The first-order chi connectivity index (χ1) is 15.7. The molecule has 0 aliphatic heterocycles. The monoisotopic (exact) mass is 474 g/mol. The van der Waals surface area contributed by atoms with Crippen molar-refractivity contribution in [2.75, 3.05) is 0 Å². The molecule has 0 aromatic rings. The summed E-state index contributed by atoms with van der Waals surface area (Å²) in [5.41, 5.74) is 1.14. The van der Waals surface area contributed by atoms with Crippen LogP contribution in [0.15, 0.2) is 11.6 Å². The molecule has 0 heterocycles. The standard InChI is InChI=1S/C28H46O4Si/c1-7-33(8-2,9-3)32-22-12-15-28(18-29)21(17-22)16-19(4)26-23-10-11-25(31-20(5)30)27(23,6)14-13-24(26)28/h17-19,22-26H,7-16H2,1-6H3/t19?,22?,23-,24+,25?,26-,27-,28+/m0/s1. The maximum Gasteiger partial charge on any atom is 0.302 e. The molecule has 0 spiro atoms. The zero-order valence-corrected chi connectivity index (χ0v) is 22.8. The van der Waals surface area contributed by atoms with E-state index in [4.69, 9.17) is 9.16 Å². The number of aldehydes is 1. The minimum atomic E-state index is -1.67. The van der Waals surface area contributed by atoms with Gasteiger partial charge >= 0.3 is 5.97 Å². The molecule has 3 unspecified atom stereocenters. The van der Waals surface area contributed by atoms with E-state index in [1.165, 1.54) is 36.9 Å². The minimum Gasteiger partial charge on any atom is -0.462 e. The number of carbonyl (C=O) groups excluding carboxylic acids is 2. The second-order valence-corrected chi connectivity index (χ2v) is 16.7. The van der Waals surface area contributed by atoms with Crippen LogP contribution >= 0.6 is 0 Å². The summed E-state index contributed by atoms with van der Waals surface area (Å²) in [6.07, 6.45) is 11.1. The number of fused-ring (bicyclic) bond motifs is 5. The lowest BCUT2D eigenvalue weighted by Crippen LogP contribution is -2.56. The van der Waals surface area contributed by atoms with Crippen molar-refractivity contribution in [3.05, 3.63) is 11.6 Å². The molecule has 4 nitrogen and oxygen atoms in total. The molecule has 5 heteroatoms. The first-order valence-corrected chi connectivity index (χ1v) is 16.2. The SMILES string of the molecule is CC[Si](CC)(CC)OC1C=C2CC(C)[C@@H]3[C@@H](CC[C@]4(C)C(OC(C)=O)CC[C@@H]34)[C@@]2(C=O)CC1. The average molecular weight is 475 g/mol. The van der Waals surface area contributed by atoms with Crippen molar-refractivity contribution in [3.8, 4) is 0 Å². The van der Waals surface area contributed by atoms with Crippen LogP contribution in [0.2, 0.25) is 18.1 Å². The summed E-state index contributed by atoms with van der Waals surface area (Å²) in [5, 5.41) is 0. The number of hydrogen-bond donors (Lipinski definition) is 0. The zero-order valence-electron chi connectivity index (χ0n) is 21.8. The third-order valence-electron chi connectivity index (χ3n) is 10.8. The van der Waals surface area contributed by atoms with E-state index >= 15 is 0 Å². The predicted molar refractivity (Wildman–Crippen MR) is 134 cm³/mol. The van der Waals surface area contributed by atoms with Gasteiger partial charge in [-0.25, -0.2) is 0 Å². The number of carbonyl (C=O) groups is 2. The van der Waals surface area contributed by atoms with E-state index in [1.807, 2.05) is 0 Å². The Kier molecular flexibility index (Phi) is 7.06. The van der Waals surface area contributed by atoms with E-state index < -0.39 is 8.32 Å². The summed E-state index contributed by atoms with van der Waals surface area (Å²) < 4.78 is 12.7. The van der Waals surface area contributed by atoms with E-state index in [2.05, 4.69) is 40.7 Å². The molecule has 0 N–H and O–H groups in total. The molecule has 0 amide bonds. The highest BCUT2D eigenvalue weighted by atomic mass is 28.4. The fraction of sp³-hybridized carbons (Fsp3) is 0.857. The summed E-state index contributed by atoms with van der Waals surface area (Å²) in [5.74, 6) is 1.91. The Morgan fingerprint density at radius 1 is 1.09 bits per heavy atom. The van der Waals surface area contributed by atoms with Crippen molar-refractivity contribution in [2.24, 2.45) is 34.5 Å². The van der Waals surface area contributed by atoms with Crippen LogP contribution in [0.4, 0.5) is 0 Å².